The zero-order valence-corrected chi connectivity index (χ0v) is 17.4. The third-order valence-corrected chi connectivity index (χ3v) is 4.44. The standard InChI is InChI=1S/C17H19BrClN3O3S/c1-3-10(2)20-17(26)22-21-16(23)15-7-5-12(25-15)9-24-14-6-4-11(18)8-13(14)19/h4-8,10H,3,9H2,1-2H3,(H,21,23)(H2,20,22,26). The molecular formula is C17H19BrClN3O3S. The maximum absolute atomic E-state index is 12.1. The topological polar surface area (TPSA) is 75.5 Å². The number of thiocarbonyl (C=S) groups is 1. The highest BCUT2D eigenvalue weighted by Crippen LogP contribution is 2.28. The summed E-state index contributed by atoms with van der Waals surface area (Å²) in [7, 11) is 0. The van der Waals surface area contributed by atoms with Gasteiger partial charge in [-0.15, -0.1) is 0 Å². The molecule has 2 aromatic rings. The third kappa shape index (κ3) is 6.19. The van der Waals surface area contributed by atoms with Crippen LogP contribution in [0.1, 0.15) is 36.6 Å². The number of carbonyl (C=O) groups excluding carboxylic acids is 1. The van der Waals surface area contributed by atoms with E-state index in [1.54, 1.807) is 24.3 Å². The quantitative estimate of drug-likeness (QED) is 0.443. The van der Waals surface area contributed by atoms with Gasteiger partial charge in [-0.25, -0.2) is 0 Å². The highest BCUT2D eigenvalue weighted by atomic mass is 79.9. The number of nitrogens with one attached hydrogen (secondary N) is 3. The molecule has 26 heavy (non-hydrogen) atoms. The highest BCUT2D eigenvalue weighted by Gasteiger charge is 2.12. The Morgan fingerprint density at radius 1 is 1.35 bits per heavy atom. The maximum Gasteiger partial charge on any atom is 0.305 e. The summed E-state index contributed by atoms with van der Waals surface area (Å²) in [6.45, 7) is 4.18. The van der Waals surface area contributed by atoms with Crippen molar-refractivity contribution < 1.29 is 13.9 Å². The summed E-state index contributed by atoms with van der Waals surface area (Å²) in [5.41, 5.74) is 5.11. The third-order valence-electron chi connectivity index (χ3n) is 3.43. The summed E-state index contributed by atoms with van der Waals surface area (Å²) in [5, 5.41) is 3.85. The van der Waals surface area contributed by atoms with Crippen LogP contribution >= 0.6 is 39.7 Å². The van der Waals surface area contributed by atoms with Crippen LogP contribution in [0.25, 0.3) is 0 Å². The van der Waals surface area contributed by atoms with Crippen molar-refractivity contribution >= 4 is 50.8 Å². The Balaban J connectivity index is 1.84. The second-order valence-electron chi connectivity index (χ2n) is 5.49. The lowest BCUT2D eigenvalue weighted by molar-refractivity contribution is 0.0911. The van der Waals surface area contributed by atoms with Crippen LogP contribution in [0.2, 0.25) is 5.02 Å². The molecule has 0 spiro atoms. The number of furan rings is 1. The lowest BCUT2D eigenvalue weighted by Crippen LogP contribution is -2.48. The molecule has 0 bridgehead atoms. The van der Waals surface area contributed by atoms with Crippen LogP contribution < -0.4 is 20.9 Å². The van der Waals surface area contributed by atoms with Crippen LogP contribution in [-0.4, -0.2) is 17.1 Å². The molecule has 1 amide bonds. The second-order valence-corrected chi connectivity index (χ2v) is 7.22. The van der Waals surface area contributed by atoms with E-state index in [0.717, 1.165) is 10.9 Å². The van der Waals surface area contributed by atoms with Crippen molar-refractivity contribution in [2.24, 2.45) is 0 Å². The maximum atomic E-state index is 12.1. The Labute approximate surface area is 170 Å². The highest BCUT2D eigenvalue weighted by molar-refractivity contribution is 9.10. The molecule has 6 nitrogen and oxygen atoms in total. The molecule has 0 aliphatic heterocycles. The van der Waals surface area contributed by atoms with Gasteiger partial charge in [0.1, 0.15) is 18.1 Å². The average Bonchev–Trinajstić information content (AvgIpc) is 3.08. The second kappa shape index (κ2) is 9.80. The fourth-order valence-corrected chi connectivity index (χ4v) is 2.84. The molecule has 1 unspecified atom stereocenters. The Bertz CT molecular complexity index is 784. The minimum atomic E-state index is -0.439. The van der Waals surface area contributed by atoms with E-state index in [4.69, 9.17) is 33.0 Å². The van der Waals surface area contributed by atoms with Gasteiger partial charge in [0.2, 0.25) is 0 Å². The fraction of sp³-hybridized carbons (Fsp3) is 0.294. The molecule has 1 heterocycles. The van der Waals surface area contributed by atoms with Crippen molar-refractivity contribution in [3.8, 4) is 5.75 Å². The zero-order valence-electron chi connectivity index (χ0n) is 14.3. The van der Waals surface area contributed by atoms with Crippen molar-refractivity contribution in [2.45, 2.75) is 32.9 Å². The lowest BCUT2D eigenvalue weighted by Gasteiger charge is -2.15. The van der Waals surface area contributed by atoms with Crippen molar-refractivity contribution in [1.82, 2.24) is 16.2 Å². The first kappa shape index (κ1) is 20.5. The van der Waals surface area contributed by atoms with Crippen LogP contribution in [0.4, 0.5) is 0 Å². The molecule has 0 aliphatic carbocycles. The van der Waals surface area contributed by atoms with Crippen molar-refractivity contribution in [1.29, 1.82) is 0 Å². The van der Waals surface area contributed by atoms with Gasteiger partial charge >= 0.3 is 5.91 Å². The van der Waals surface area contributed by atoms with Gasteiger partial charge in [0.15, 0.2) is 10.9 Å². The Kier molecular flexibility index (Phi) is 7.74. The molecule has 140 valence electrons. The van der Waals surface area contributed by atoms with E-state index in [1.165, 1.54) is 0 Å². The monoisotopic (exact) mass is 459 g/mol. The Morgan fingerprint density at radius 2 is 2.12 bits per heavy atom. The van der Waals surface area contributed by atoms with Crippen LogP contribution in [0.15, 0.2) is 39.2 Å². The fourth-order valence-electron chi connectivity index (χ4n) is 1.86. The number of hydrogen-bond acceptors (Lipinski definition) is 4. The Morgan fingerprint density at radius 3 is 2.81 bits per heavy atom. The molecule has 1 aromatic heterocycles. The number of rotatable bonds is 6. The van der Waals surface area contributed by atoms with Gasteiger partial charge in [-0.1, -0.05) is 34.5 Å². The van der Waals surface area contributed by atoms with E-state index < -0.39 is 5.91 Å². The number of halogens is 2. The van der Waals surface area contributed by atoms with Gasteiger partial charge in [-0.05, 0) is 55.9 Å². The molecule has 2 rings (SSSR count). The first-order valence-electron chi connectivity index (χ1n) is 7.92. The van der Waals surface area contributed by atoms with Crippen LogP contribution in [0.5, 0.6) is 5.75 Å². The predicted molar refractivity (Wildman–Crippen MR) is 108 cm³/mol. The van der Waals surface area contributed by atoms with E-state index in [-0.39, 0.29) is 18.4 Å². The summed E-state index contributed by atoms with van der Waals surface area (Å²) in [6, 6.07) is 8.74. The molecule has 1 atom stereocenters. The van der Waals surface area contributed by atoms with Gasteiger partial charge in [0.05, 0.1) is 5.02 Å². The number of amides is 1. The number of hydrazine groups is 1. The van der Waals surface area contributed by atoms with Gasteiger partial charge < -0.3 is 14.5 Å². The van der Waals surface area contributed by atoms with E-state index in [0.29, 0.717) is 21.6 Å². The van der Waals surface area contributed by atoms with Crippen molar-refractivity contribution in [2.75, 3.05) is 0 Å². The Hall–Kier alpha value is -1.77. The van der Waals surface area contributed by atoms with Gasteiger partial charge in [0, 0.05) is 10.5 Å². The summed E-state index contributed by atoms with van der Waals surface area (Å²) >= 11 is 14.5. The van der Waals surface area contributed by atoms with Gasteiger partial charge in [-0.3, -0.25) is 15.6 Å². The summed E-state index contributed by atoms with van der Waals surface area (Å²) in [6.07, 6.45) is 0.916. The average molecular weight is 461 g/mol. The van der Waals surface area contributed by atoms with Crippen molar-refractivity contribution in [3.63, 3.8) is 0 Å². The molecule has 0 saturated carbocycles. The lowest BCUT2D eigenvalue weighted by atomic mass is 10.3. The molecule has 9 heteroatoms. The number of ether oxygens (including phenoxy) is 1. The number of carbonyl (C=O) groups is 1. The number of hydrogen-bond donors (Lipinski definition) is 3. The minimum absolute atomic E-state index is 0.143. The summed E-state index contributed by atoms with van der Waals surface area (Å²) in [4.78, 5) is 12.1. The molecule has 0 aliphatic rings. The smallest absolute Gasteiger partial charge is 0.305 e. The molecule has 1 aromatic carbocycles. The molecule has 0 saturated heterocycles. The van der Waals surface area contributed by atoms with Crippen LogP contribution in [0, 0.1) is 0 Å². The molecule has 0 radical (unpaired) electrons. The largest absolute Gasteiger partial charge is 0.484 e. The zero-order chi connectivity index (χ0) is 19.1. The first-order chi connectivity index (χ1) is 12.4. The predicted octanol–water partition coefficient (Wildman–Crippen LogP) is 4.18. The molecular weight excluding hydrogens is 442 g/mol. The van der Waals surface area contributed by atoms with Gasteiger partial charge in [-0.2, -0.15) is 0 Å². The first-order valence-corrected chi connectivity index (χ1v) is 9.50. The van der Waals surface area contributed by atoms with Gasteiger partial charge in [0.25, 0.3) is 0 Å². The van der Waals surface area contributed by atoms with E-state index in [2.05, 4.69) is 32.1 Å². The molecule has 3 N–H and O–H groups in total. The SMILES string of the molecule is CCC(C)NC(=S)NNC(=O)c1ccc(COc2ccc(Br)cc2Cl)o1. The van der Waals surface area contributed by atoms with E-state index in [9.17, 15) is 4.79 Å². The molecule has 0 fully saturated rings. The summed E-state index contributed by atoms with van der Waals surface area (Å²) < 4.78 is 11.9. The van der Waals surface area contributed by atoms with Crippen molar-refractivity contribution in [3.05, 3.63) is 51.3 Å². The van der Waals surface area contributed by atoms with Crippen LogP contribution in [-0.2, 0) is 6.61 Å². The summed E-state index contributed by atoms with van der Waals surface area (Å²) in [5.74, 6) is 0.727. The van der Waals surface area contributed by atoms with E-state index >= 15 is 0 Å². The van der Waals surface area contributed by atoms with Crippen LogP contribution in [0.3, 0.4) is 0 Å². The normalized spacial score (nSPS) is 11.5. The minimum Gasteiger partial charge on any atom is -0.484 e. The van der Waals surface area contributed by atoms with E-state index in [1.807, 2.05) is 19.9 Å². The number of benzene rings is 1.